The fourth-order valence-corrected chi connectivity index (χ4v) is 3.31. The molecular formula is C17H29N3O. The van der Waals surface area contributed by atoms with E-state index in [4.69, 9.17) is 0 Å². The summed E-state index contributed by atoms with van der Waals surface area (Å²) in [5.74, 6) is 0. The third-order valence-corrected chi connectivity index (χ3v) is 4.19. The number of likely N-dealkylation sites (N-methyl/N-ethyl adjacent to an activating group) is 1. The van der Waals surface area contributed by atoms with Gasteiger partial charge in [-0.15, -0.1) is 0 Å². The Balaban J connectivity index is 2.27. The maximum atomic E-state index is 10.1. The second-order valence-electron chi connectivity index (χ2n) is 6.30. The van der Waals surface area contributed by atoms with Crippen LogP contribution in [0, 0.1) is 0 Å². The van der Waals surface area contributed by atoms with Crippen LogP contribution in [-0.2, 0) is 0 Å². The zero-order valence-electron chi connectivity index (χ0n) is 13.7. The highest BCUT2D eigenvalue weighted by Crippen LogP contribution is 2.32. The van der Waals surface area contributed by atoms with Crippen molar-refractivity contribution < 1.29 is 5.11 Å². The number of rotatable bonds is 6. The van der Waals surface area contributed by atoms with Crippen LogP contribution in [0.1, 0.15) is 31.9 Å². The molecule has 1 aromatic carbocycles. The van der Waals surface area contributed by atoms with Gasteiger partial charge in [-0.05, 0) is 45.6 Å². The number of anilines is 1. The van der Waals surface area contributed by atoms with Gasteiger partial charge in [-0.1, -0.05) is 25.1 Å². The van der Waals surface area contributed by atoms with Crippen LogP contribution in [0.4, 0.5) is 5.69 Å². The van der Waals surface area contributed by atoms with Gasteiger partial charge in [0.1, 0.15) is 0 Å². The van der Waals surface area contributed by atoms with Gasteiger partial charge in [0.2, 0.25) is 0 Å². The second kappa shape index (κ2) is 7.25. The first-order chi connectivity index (χ1) is 10.0. The first-order valence-corrected chi connectivity index (χ1v) is 7.94. The van der Waals surface area contributed by atoms with E-state index >= 15 is 0 Å². The Labute approximate surface area is 128 Å². The first kappa shape index (κ1) is 16.3. The SMILES string of the molecule is CCNC(C)c1ccccc1N1CC(O)CC1CN(C)C. The third-order valence-electron chi connectivity index (χ3n) is 4.19. The fraction of sp³-hybridized carbons (Fsp3) is 0.647. The van der Waals surface area contributed by atoms with Gasteiger partial charge in [-0.25, -0.2) is 0 Å². The van der Waals surface area contributed by atoms with Gasteiger partial charge in [0.15, 0.2) is 0 Å². The van der Waals surface area contributed by atoms with Crippen molar-refractivity contribution in [2.75, 3.05) is 38.6 Å². The van der Waals surface area contributed by atoms with E-state index < -0.39 is 0 Å². The third kappa shape index (κ3) is 3.96. The van der Waals surface area contributed by atoms with E-state index in [-0.39, 0.29) is 6.10 Å². The van der Waals surface area contributed by atoms with Gasteiger partial charge in [-0.2, -0.15) is 0 Å². The molecule has 0 radical (unpaired) electrons. The Kier molecular flexibility index (Phi) is 5.62. The van der Waals surface area contributed by atoms with Gasteiger partial charge >= 0.3 is 0 Å². The molecule has 1 saturated heterocycles. The van der Waals surface area contributed by atoms with E-state index in [1.807, 2.05) is 0 Å². The van der Waals surface area contributed by atoms with Crippen LogP contribution in [0.5, 0.6) is 0 Å². The van der Waals surface area contributed by atoms with Crippen LogP contribution in [-0.4, -0.2) is 55.9 Å². The highest BCUT2D eigenvalue weighted by atomic mass is 16.3. The molecule has 0 amide bonds. The second-order valence-corrected chi connectivity index (χ2v) is 6.30. The van der Waals surface area contributed by atoms with Crippen LogP contribution in [0.3, 0.4) is 0 Å². The summed E-state index contributed by atoms with van der Waals surface area (Å²) in [6.07, 6.45) is 0.625. The van der Waals surface area contributed by atoms with Crippen LogP contribution in [0.25, 0.3) is 0 Å². The highest BCUT2D eigenvalue weighted by Gasteiger charge is 2.32. The molecule has 0 bridgehead atoms. The molecule has 3 unspecified atom stereocenters. The van der Waals surface area contributed by atoms with Gasteiger partial charge in [0.05, 0.1) is 6.10 Å². The van der Waals surface area contributed by atoms with E-state index in [2.05, 4.69) is 67.3 Å². The smallest absolute Gasteiger partial charge is 0.0735 e. The first-order valence-electron chi connectivity index (χ1n) is 7.94. The largest absolute Gasteiger partial charge is 0.391 e. The highest BCUT2D eigenvalue weighted by molar-refractivity contribution is 5.57. The quantitative estimate of drug-likeness (QED) is 0.839. The number of β-amino-alcohol motifs (C(OH)–C–C–N with tert-alkyl or cyclic N) is 1. The summed E-state index contributed by atoms with van der Waals surface area (Å²) in [6, 6.07) is 9.27. The average molecular weight is 291 g/mol. The molecule has 0 aromatic heterocycles. The molecule has 3 atom stereocenters. The average Bonchev–Trinajstić information content (AvgIpc) is 2.79. The van der Waals surface area contributed by atoms with Crippen molar-refractivity contribution in [2.24, 2.45) is 0 Å². The summed E-state index contributed by atoms with van der Waals surface area (Å²) >= 11 is 0. The number of aliphatic hydroxyl groups is 1. The summed E-state index contributed by atoms with van der Waals surface area (Å²) in [7, 11) is 4.19. The molecule has 2 N–H and O–H groups in total. The van der Waals surface area contributed by atoms with E-state index in [1.165, 1.54) is 11.3 Å². The normalized spacial score (nSPS) is 23.8. The predicted octanol–water partition coefficient (Wildman–Crippen LogP) is 1.86. The minimum Gasteiger partial charge on any atom is -0.391 e. The van der Waals surface area contributed by atoms with Crippen molar-refractivity contribution in [3.8, 4) is 0 Å². The van der Waals surface area contributed by atoms with Crippen molar-refractivity contribution in [3.05, 3.63) is 29.8 Å². The Hall–Kier alpha value is -1.10. The molecule has 1 fully saturated rings. The predicted molar refractivity (Wildman–Crippen MR) is 88.8 cm³/mol. The molecule has 1 aromatic rings. The van der Waals surface area contributed by atoms with Crippen molar-refractivity contribution >= 4 is 5.69 Å². The number of aliphatic hydroxyl groups excluding tert-OH is 1. The molecule has 0 aliphatic carbocycles. The maximum absolute atomic E-state index is 10.1. The molecule has 4 heteroatoms. The molecule has 1 aliphatic heterocycles. The summed E-state index contributed by atoms with van der Waals surface area (Å²) in [5, 5.41) is 13.6. The standard InChI is InChI=1S/C17H29N3O/c1-5-18-13(2)16-8-6-7-9-17(16)20-12-15(21)10-14(20)11-19(3)4/h6-9,13-15,18,21H,5,10-12H2,1-4H3. The van der Waals surface area contributed by atoms with Gasteiger partial charge in [0.25, 0.3) is 0 Å². The lowest BCUT2D eigenvalue weighted by atomic mass is 10.0. The summed E-state index contributed by atoms with van der Waals surface area (Å²) < 4.78 is 0. The number of nitrogens with one attached hydrogen (secondary N) is 1. The summed E-state index contributed by atoms with van der Waals surface area (Å²) in [6.45, 7) is 7.00. The van der Waals surface area contributed by atoms with Crippen molar-refractivity contribution in [1.82, 2.24) is 10.2 Å². The van der Waals surface area contributed by atoms with Gasteiger partial charge in [0, 0.05) is 30.9 Å². The maximum Gasteiger partial charge on any atom is 0.0735 e. The molecular weight excluding hydrogens is 262 g/mol. The number of para-hydroxylation sites is 1. The van der Waals surface area contributed by atoms with Crippen LogP contribution >= 0.6 is 0 Å². The lowest BCUT2D eigenvalue weighted by Gasteiger charge is -2.31. The van der Waals surface area contributed by atoms with Crippen LogP contribution in [0.2, 0.25) is 0 Å². The fourth-order valence-electron chi connectivity index (χ4n) is 3.31. The molecule has 21 heavy (non-hydrogen) atoms. The van der Waals surface area contributed by atoms with E-state index in [1.54, 1.807) is 0 Å². The molecule has 1 aliphatic rings. The number of hydrogen-bond acceptors (Lipinski definition) is 4. The monoisotopic (exact) mass is 291 g/mol. The minimum atomic E-state index is -0.225. The lowest BCUT2D eigenvalue weighted by Crippen LogP contribution is -2.38. The molecule has 4 nitrogen and oxygen atoms in total. The Morgan fingerprint density at radius 3 is 2.76 bits per heavy atom. The topological polar surface area (TPSA) is 38.7 Å². The summed E-state index contributed by atoms with van der Waals surface area (Å²) in [4.78, 5) is 4.58. The minimum absolute atomic E-state index is 0.225. The van der Waals surface area contributed by atoms with E-state index in [0.717, 1.165) is 26.1 Å². The van der Waals surface area contributed by atoms with Crippen LogP contribution < -0.4 is 10.2 Å². The number of hydrogen-bond donors (Lipinski definition) is 2. The molecule has 2 rings (SSSR count). The number of benzene rings is 1. The molecule has 0 saturated carbocycles. The zero-order valence-corrected chi connectivity index (χ0v) is 13.7. The lowest BCUT2D eigenvalue weighted by molar-refractivity contribution is 0.191. The molecule has 1 heterocycles. The van der Waals surface area contributed by atoms with Crippen molar-refractivity contribution in [2.45, 2.75) is 38.5 Å². The number of nitrogens with zero attached hydrogens (tertiary/aromatic N) is 2. The molecule has 118 valence electrons. The Morgan fingerprint density at radius 1 is 1.38 bits per heavy atom. The van der Waals surface area contributed by atoms with E-state index in [0.29, 0.717) is 12.1 Å². The Bertz CT molecular complexity index is 449. The van der Waals surface area contributed by atoms with Gasteiger partial charge < -0.3 is 20.2 Å². The van der Waals surface area contributed by atoms with Crippen molar-refractivity contribution in [3.63, 3.8) is 0 Å². The zero-order chi connectivity index (χ0) is 15.4. The van der Waals surface area contributed by atoms with Crippen LogP contribution in [0.15, 0.2) is 24.3 Å². The van der Waals surface area contributed by atoms with E-state index in [9.17, 15) is 5.11 Å². The Morgan fingerprint density at radius 2 is 2.10 bits per heavy atom. The van der Waals surface area contributed by atoms with Gasteiger partial charge in [-0.3, -0.25) is 0 Å². The molecule has 0 spiro atoms. The summed E-state index contributed by atoms with van der Waals surface area (Å²) in [5.41, 5.74) is 2.58. The van der Waals surface area contributed by atoms with Crippen molar-refractivity contribution in [1.29, 1.82) is 0 Å².